The van der Waals surface area contributed by atoms with Crippen LogP contribution in [0.25, 0.3) is 0 Å². The van der Waals surface area contributed by atoms with Crippen molar-refractivity contribution in [2.75, 3.05) is 25.5 Å². The first-order chi connectivity index (χ1) is 12.3. The molecule has 3 rings (SSSR count). The molecule has 7 heteroatoms. The number of nitrogens with zero attached hydrogens (tertiary/aromatic N) is 2. The van der Waals surface area contributed by atoms with Crippen molar-refractivity contribution in [3.63, 3.8) is 0 Å². The van der Waals surface area contributed by atoms with Crippen LogP contribution in [-0.2, 0) is 17.5 Å². The number of likely N-dealkylation sites (N-methyl/N-ethyl adjacent to an activating group) is 1. The number of anilines is 1. The second-order valence-corrected chi connectivity index (χ2v) is 6.38. The van der Waals surface area contributed by atoms with Crippen LogP contribution in [0.1, 0.15) is 11.1 Å². The van der Waals surface area contributed by atoms with Gasteiger partial charge < -0.3 is 14.5 Å². The molecule has 0 unspecified atom stereocenters. The Morgan fingerprint density at radius 3 is 2.42 bits per heavy atom. The minimum atomic E-state index is -4.35. The average Bonchev–Trinajstić information content (AvgIpc) is 2.60. The third kappa shape index (κ3) is 3.76. The fourth-order valence-electron chi connectivity index (χ4n) is 2.89. The van der Waals surface area contributed by atoms with E-state index in [2.05, 4.69) is 0 Å². The number of ether oxygens (including phenoxy) is 1. The third-order valence-electron chi connectivity index (χ3n) is 4.23. The van der Waals surface area contributed by atoms with Crippen LogP contribution in [0.3, 0.4) is 0 Å². The van der Waals surface area contributed by atoms with Crippen molar-refractivity contribution in [1.29, 1.82) is 0 Å². The summed E-state index contributed by atoms with van der Waals surface area (Å²) >= 11 is 0. The summed E-state index contributed by atoms with van der Waals surface area (Å²) in [6.07, 6.45) is -5.01. The van der Waals surface area contributed by atoms with Crippen molar-refractivity contribution in [3.05, 3.63) is 59.7 Å². The molecular weight excluding hydrogens is 345 g/mol. The molecule has 0 aromatic heterocycles. The van der Waals surface area contributed by atoms with Gasteiger partial charge in [-0.15, -0.1) is 0 Å². The summed E-state index contributed by atoms with van der Waals surface area (Å²) in [5.74, 6) is 0.433. The van der Waals surface area contributed by atoms with E-state index in [0.29, 0.717) is 18.8 Å². The van der Waals surface area contributed by atoms with Gasteiger partial charge >= 0.3 is 6.18 Å². The standard InChI is InChI=1S/C19H19F3N2O2/c1-23(2)18(25)17-12-24(15-5-3-4-6-16(15)26-17)11-13-7-9-14(10-8-13)19(20,21)22/h3-10,17H,11-12H2,1-2H3/t17-/m1/s1. The molecule has 138 valence electrons. The highest BCUT2D eigenvalue weighted by Crippen LogP contribution is 2.35. The summed E-state index contributed by atoms with van der Waals surface area (Å²) in [6, 6.07) is 12.4. The monoisotopic (exact) mass is 364 g/mol. The van der Waals surface area contributed by atoms with E-state index >= 15 is 0 Å². The van der Waals surface area contributed by atoms with E-state index in [1.54, 1.807) is 20.2 Å². The van der Waals surface area contributed by atoms with Crippen LogP contribution in [-0.4, -0.2) is 37.6 Å². The first-order valence-corrected chi connectivity index (χ1v) is 8.13. The molecular formula is C19H19F3N2O2. The lowest BCUT2D eigenvalue weighted by molar-refractivity contribution is -0.137. The quantitative estimate of drug-likeness (QED) is 0.835. The summed E-state index contributed by atoms with van der Waals surface area (Å²) in [7, 11) is 3.32. The van der Waals surface area contributed by atoms with Crippen molar-refractivity contribution in [3.8, 4) is 5.75 Å². The molecule has 1 amide bonds. The molecule has 0 saturated heterocycles. The number of alkyl halides is 3. The lowest BCUT2D eigenvalue weighted by atomic mass is 10.1. The summed E-state index contributed by atoms with van der Waals surface area (Å²) in [5.41, 5.74) is 0.866. The molecule has 0 saturated carbocycles. The second kappa shape index (κ2) is 6.90. The highest BCUT2D eigenvalue weighted by Gasteiger charge is 2.32. The smallest absolute Gasteiger partial charge is 0.416 e. The van der Waals surface area contributed by atoms with Crippen LogP contribution in [0.5, 0.6) is 5.75 Å². The summed E-state index contributed by atoms with van der Waals surface area (Å²) in [5, 5.41) is 0. The molecule has 0 spiro atoms. The zero-order valence-corrected chi connectivity index (χ0v) is 14.5. The van der Waals surface area contributed by atoms with Gasteiger partial charge in [0.15, 0.2) is 6.10 Å². The zero-order valence-electron chi connectivity index (χ0n) is 14.5. The van der Waals surface area contributed by atoms with Crippen LogP contribution < -0.4 is 9.64 Å². The number of benzene rings is 2. The summed E-state index contributed by atoms with van der Waals surface area (Å²) < 4.78 is 44.0. The SMILES string of the molecule is CN(C)C(=O)[C@H]1CN(Cc2ccc(C(F)(F)F)cc2)c2ccccc2O1. The largest absolute Gasteiger partial charge is 0.477 e. The zero-order chi connectivity index (χ0) is 18.9. The summed E-state index contributed by atoms with van der Waals surface area (Å²) in [4.78, 5) is 15.7. The molecule has 0 N–H and O–H groups in total. The summed E-state index contributed by atoms with van der Waals surface area (Å²) in [6.45, 7) is 0.713. The fraction of sp³-hybridized carbons (Fsp3) is 0.316. The van der Waals surface area contributed by atoms with E-state index in [0.717, 1.165) is 23.4 Å². The van der Waals surface area contributed by atoms with Crippen LogP contribution >= 0.6 is 0 Å². The van der Waals surface area contributed by atoms with Gasteiger partial charge in [-0.3, -0.25) is 4.79 Å². The van der Waals surface area contributed by atoms with Crippen LogP contribution in [0.15, 0.2) is 48.5 Å². The molecule has 0 aliphatic carbocycles. The van der Waals surface area contributed by atoms with Gasteiger partial charge in [-0.2, -0.15) is 13.2 Å². The molecule has 0 bridgehead atoms. The van der Waals surface area contributed by atoms with E-state index in [4.69, 9.17) is 4.74 Å². The Balaban J connectivity index is 1.84. The van der Waals surface area contributed by atoms with E-state index in [-0.39, 0.29) is 5.91 Å². The molecule has 26 heavy (non-hydrogen) atoms. The number of halogens is 3. The number of amides is 1. The minimum absolute atomic E-state index is 0.156. The van der Waals surface area contributed by atoms with Gasteiger partial charge in [0.25, 0.3) is 5.91 Å². The lowest BCUT2D eigenvalue weighted by Gasteiger charge is -2.36. The number of rotatable bonds is 3. The van der Waals surface area contributed by atoms with Gasteiger partial charge in [0.1, 0.15) is 5.75 Å². The Hall–Kier alpha value is -2.70. The maximum Gasteiger partial charge on any atom is 0.416 e. The first kappa shape index (κ1) is 18.1. The Morgan fingerprint density at radius 1 is 1.15 bits per heavy atom. The van der Waals surface area contributed by atoms with Crippen molar-refractivity contribution in [1.82, 2.24) is 4.90 Å². The van der Waals surface area contributed by atoms with Crippen molar-refractivity contribution >= 4 is 11.6 Å². The molecule has 1 aliphatic heterocycles. The molecule has 0 fully saturated rings. The lowest BCUT2D eigenvalue weighted by Crippen LogP contribution is -2.48. The molecule has 2 aromatic rings. The van der Waals surface area contributed by atoms with Crippen molar-refractivity contribution in [2.24, 2.45) is 0 Å². The van der Waals surface area contributed by atoms with Gasteiger partial charge in [0.05, 0.1) is 17.8 Å². The van der Waals surface area contributed by atoms with Crippen LogP contribution in [0.4, 0.5) is 18.9 Å². The van der Waals surface area contributed by atoms with E-state index < -0.39 is 17.8 Å². The third-order valence-corrected chi connectivity index (χ3v) is 4.23. The Bertz CT molecular complexity index is 788. The first-order valence-electron chi connectivity index (χ1n) is 8.13. The van der Waals surface area contributed by atoms with Gasteiger partial charge in [0.2, 0.25) is 0 Å². The number of carbonyl (C=O) groups is 1. The maximum atomic E-state index is 12.7. The Labute approximate surface area is 149 Å². The number of hydrogen-bond donors (Lipinski definition) is 0. The highest BCUT2D eigenvalue weighted by molar-refractivity contribution is 5.83. The molecule has 0 radical (unpaired) electrons. The maximum absolute atomic E-state index is 12.7. The fourth-order valence-corrected chi connectivity index (χ4v) is 2.89. The number of fused-ring (bicyclic) bond motifs is 1. The highest BCUT2D eigenvalue weighted by atomic mass is 19.4. The topological polar surface area (TPSA) is 32.8 Å². The van der Waals surface area contributed by atoms with Gasteiger partial charge in [-0.05, 0) is 29.8 Å². The van der Waals surface area contributed by atoms with Gasteiger partial charge in [-0.25, -0.2) is 0 Å². The number of carbonyl (C=O) groups excluding carboxylic acids is 1. The molecule has 1 heterocycles. The molecule has 4 nitrogen and oxygen atoms in total. The van der Waals surface area contributed by atoms with Crippen molar-refractivity contribution in [2.45, 2.75) is 18.8 Å². The van der Waals surface area contributed by atoms with E-state index in [1.165, 1.54) is 17.0 Å². The van der Waals surface area contributed by atoms with Gasteiger partial charge in [-0.1, -0.05) is 24.3 Å². The molecule has 1 aliphatic rings. The average molecular weight is 364 g/mol. The Morgan fingerprint density at radius 2 is 1.81 bits per heavy atom. The van der Waals surface area contributed by atoms with Gasteiger partial charge in [0, 0.05) is 20.6 Å². The van der Waals surface area contributed by atoms with Crippen LogP contribution in [0.2, 0.25) is 0 Å². The number of para-hydroxylation sites is 2. The molecule has 2 aromatic carbocycles. The predicted molar refractivity (Wildman–Crippen MR) is 92.0 cm³/mol. The predicted octanol–water partition coefficient (Wildman–Crippen LogP) is 3.56. The Kier molecular flexibility index (Phi) is 4.80. The van der Waals surface area contributed by atoms with Crippen LogP contribution in [0, 0.1) is 0 Å². The molecule has 1 atom stereocenters. The second-order valence-electron chi connectivity index (χ2n) is 6.38. The van der Waals surface area contributed by atoms with E-state index in [1.807, 2.05) is 23.1 Å². The normalized spacial score (nSPS) is 16.7. The number of hydrogen-bond acceptors (Lipinski definition) is 3. The minimum Gasteiger partial charge on any atom is -0.477 e. The van der Waals surface area contributed by atoms with E-state index in [9.17, 15) is 18.0 Å². The van der Waals surface area contributed by atoms with Crippen molar-refractivity contribution < 1.29 is 22.7 Å².